The fourth-order valence-electron chi connectivity index (χ4n) is 2.71. The van der Waals surface area contributed by atoms with E-state index in [0.29, 0.717) is 6.54 Å². The first kappa shape index (κ1) is 18.2. The van der Waals surface area contributed by atoms with Gasteiger partial charge in [-0.05, 0) is 38.0 Å². The Kier molecular flexibility index (Phi) is 6.45. The molecule has 1 heterocycles. The predicted octanol–water partition coefficient (Wildman–Crippen LogP) is 2.76. The highest BCUT2D eigenvalue weighted by Crippen LogP contribution is 2.14. The molecule has 1 N–H and O–H groups in total. The Labute approximate surface area is 144 Å². The highest BCUT2D eigenvalue weighted by Gasteiger charge is 2.22. The molecular weight excluding hydrogens is 310 g/mol. The number of hydrogen-bond acceptors (Lipinski definition) is 3. The lowest BCUT2D eigenvalue weighted by Crippen LogP contribution is -2.52. The fraction of sp³-hybridized carbons (Fsp3) is 0.611. The van der Waals surface area contributed by atoms with Crippen molar-refractivity contribution in [2.75, 3.05) is 32.7 Å². The molecule has 0 atom stereocenters. The Morgan fingerprint density at radius 1 is 1.22 bits per heavy atom. The minimum absolute atomic E-state index is 0.120. The zero-order chi connectivity index (χ0) is 16.9. The van der Waals surface area contributed by atoms with Gasteiger partial charge in [0, 0.05) is 43.3 Å². The van der Waals surface area contributed by atoms with Crippen molar-refractivity contribution in [1.82, 2.24) is 15.1 Å². The molecule has 1 aromatic carbocycles. The Balaban J connectivity index is 1.74. The Morgan fingerprint density at radius 3 is 2.48 bits per heavy atom. The van der Waals surface area contributed by atoms with Gasteiger partial charge in [0.2, 0.25) is 5.91 Å². The first-order valence-corrected chi connectivity index (χ1v) is 8.76. The summed E-state index contributed by atoms with van der Waals surface area (Å²) in [6.45, 7) is 11.5. The van der Waals surface area contributed by atoms with E-state index in [1.165, 1.54) is 5.56 Å². The minimum atomic E-state index is -0.120. The van der Waals surface area contributed by atoms with E-state index >= 15 is 0 Å². The predicted molar refractivity (Wildman–Crippen MR) is 95.7 cm³/mol. The van der Waals surface area contributed by atoms with E-state index in [2.05, 4.69) is 42.0 Å². The van der Waals surface area contributed by atoms with Crippen molar-refractivity contribution >= 4 is 17.5 Å². The first-order valence-electron chi connectivity index (χ1n) is 8.38. The van der Waals surface area contributed by atoms with E-state index in [1.807, 2.05) is 18.2 Å². The topological polar surface area (TPSA) is 35.6 Å². The average molecular weight is 338 g/mol. The molecule has 4 nitrogen and oxygen atoms in total. The van der Waals surface area contributed by atoms with Gasteiger partial charge in [0.05, 0.1) is 6.54 Å². The molecular formula is C18H28ClN3O. The summed E-state index contributed by atoms with van der Waals surface area (Å²) >= 11 is 6.04. The molecule has 1 amide bonds. The van der Waals surface area contributed by atoms with Crippen LogP contribution >= 0.6 is 11.6 Å². The lowest BCUT2D eigenvalue weighted by molar-refractivity contribution is -0.124. The molecule has 0 unspecified atom stereocenters. The van der Waals surface area contributed by atoms with Gasteiger partial charge >= 0.3 is 0 Å². The van der Waals surface area contributed by atoms with Gasteiger partial charge in [0.1, 0.15) is 0 Å². The van der Waals surface area contributed by atoms with Crippen molar-refractivity contribution in [1.29, 1.82) is 0 Å². The molecule has 1 aliphatic heterocycles. The largest absolute Gasteiger partial charge is 0.350 e. The quantitative estimate of drug-likeness (QED) is 0.867. The van der Waals surface area contributed by atoms with Gasteiger partial charge in [-0.15, -0.1) is 0 Å². The molecule has 128 valence electrons. The van der Waals surface area contributed by atoms with Gasteiger partial charge in [-0.2, -0.15) is 0 Å². The summed E-state index contributed by atoms with van der Waals surface area (Å²) in [7, 11) is 0. The third-order valence-electron chi connectivity index (χ3n) is 4.49. The molecule has 0 saturated carbocycles. The number of piperazine rings is 1. The van der Waals surface area contributed by atoms with E-state index < -0.39 is 0 Å². The van der Waals surface area contributed by atoms with Crippen LogP contribution in [-0.4, -0.2) is 54.0 Å². The third-order valence-corrected chi connectivity index (χ3v) is 4.72. The van der Waals surface area contributed by atoms with Gasteiger partial charge in [0.25, 0.3) is 0 Å². The molecule has 1 saturated heterocycles. The summed E-state index contributed by atoms with van der Waals surface area (Å²) < 4.78 is 0. The van der Waals surface area contributed by atoms with Crippen LogP contribution < -0.4 is 5.32 Å². The number of nitrogens with zero attached hydrogens (tertiary/aromatic N) is 2. The first-order chi connectivity index (χ1) is 10.9. The molecule has 0 spiro atoms. The second-order valence-corrected chi connectivity index (χ2v) is 7.40. The standard InChI is InChI=1S/C18H28ClN3O/c1-4-18(2,3)20-17(23)14-22-10-8-21(9-11-22)13-15-6-5-7-16(19)12-15/h5-7,12H,4,8-11,13-14H2,1-3H3,(H,20,23). The number of benzene rings is 1. The molecule has 1 aromatic rings. The highest BCUT2D eigenvalue weighted by molar-refractivity contribution is 6.30. The summed E-state index contributed by atoms with van der Waals surface area (Å²) in [4.78, 5) is 16.8. The summed E-state index contributed by atoms with van der Waals surface area (Å²) in [5, 5.41) is 3.89. The van der Waals surface area contributed by atoms with Gasteiger partial charge < -0.3 is 5.32 Å². The van der Waals surface area contributed by atoms with Crippen LogP contribution in [0.1, 0.15) is 32.8 Å². The van der Waals surface area contributed by atoms with Crippen molar-refractivity contribution in [3.8, 4) is 0 Å². The number of amides is 1. The van der Waals surface area contributed by atoms with Crippen LogP contribution in [0.4, 0.5) is 0 Å². The smallest absolute Gasteiger partial charge is 0.234 e. The van der Waals surface area contributed by atoms with Crippen LogP contribution in [0.3, 0.4) is 0 Å². The van der Waals surface area contributed by atoms with E-state index in [1.54, 1.807) is 0 Å². The number of carbonyl (C=O) groups is 1. The minimum Gasteiger partial charge on any atom is -0.350 e. The second-order valence-electron chi connectivity index (χ2n) is 6.97. The summed E-state index contributed by atoms with van der Waals surface area (Å²) in [5.41, 5.74) is 1.12. The number of halogens is 1. The Bertz CT molecular complexity index is 525. The monoisotopic (exact) mass is 337 g/mol. The van der Waals surface area contributed by atoms with E-state index in [0.717, 1.165) is 44.2 Å². The molecule has 2 rings (SSSR count). The number of hydrogen-bond donors (Lipinski definition) is 1. The van der Waals surface area contributed by atoms with E-state index in [4.69, 9.17) is 11.6 Å². The van der Waals surface area contributed by atoms with E-state index in [-0.39, 0.29) is 11.4 Å². The average Bonchev–Trinajstić information content (AvgIpc) is 2.49. The summed E-state index contributed by atoms with van der Waals surface area (Å²) in [5.74, 6) is 0.125. The van der Waals surface area contributed by atoms with Crippen molar-refractivity contribution in [2.24, 2.45) is 0 Å². The van der Waals surface area contributed by atoms with Crippen molar-refractivity contribution in [2.45, 2.75) is 39.3 Å². The molecule has 1 aliphatic rings. The fourth-order valence-corrected chi connectivity index (χ4v) is 2.92. The Hall–Kier alpha value is -1.10. The molecule has 1 fully saturated rings. The zero-order valence-corrected chi connectivity index (χ0v) is 15.2. The lowest BCUT2D eigenvalue weighted by atomic mass is 10.0. The molecule has 0 aliphatic carbocycles. The van der Waals surface area contributed by atoms with Crippen LogP contribution in [-0.2, 0) is 11.3 Å². The van der Waals surface area contributed by atoms with E-state index in [9.17, 15) is 4.79 Å². The summed E-state index contributed by atoms with van der Waals surface area (Å²) in [6.07, 6.45) is 0.937. The van der Waals surface area contributed by atoms with Gasteiger partial charge in [-0.25, -0.2) is 0 Å². The maximum absolute atomic E-state index is 12.1. The second kappa shape index (κ2) is 8.13. The highest BCUT2D eigenvalue weighted by atomic mass is 35.5. The third kappa shape index (κ3) is 6.13. The molecule has 5 heteroatoms. The maximum Gasteiger partial charge on any atom is 0.234 e. The molecule has 0 aromatic heterocycles. The van der Waals surface area contributed by atoms with Gasteiger partial charge in [-0.3, -0.25) is 14.6 Å². The van der Waals surface area contributed by atoms with Crippen molar-refractivity contribution < 1.29 is 4.79 Å². The summed E-state index contributed by atoms with van der Waals surface area (Å²) in [6, 6.07) is 8.03. The van der Waals surface area contributed by atoms with Crippen LogP contribution in [0, 0.1) is 0 Å². The zero-order valence-electron chi connectivity index (χ0n) is 14.4. The number of rotatable bonds is 6. The maximum atomic E-state index is 12.1. The molecule has 0 bridgehead atoms. The van der Waals surface area contributed by atoms with Crippen LogP contribution in [0.5, 0.6) is 0 Å². The number of carbonyl (C=O) groups excluding carboxylic acids is 1. The van der Waals surface area contributed by atoms with Crippen LogP contribution in [0.15, 0.2) is 24.3 Å². The van der Waals surface area contributed by atoms with Crippen molar-refractivity contribution in [3.05, 3.63) is 34.9 Å². The SMILES string of the molecule is CCC(C)(C)NC(=O)CN1CCN(Cc2cccc(Cl)c2)CC1. The molecule has 23 heavy (non-hydrogen) atoms. The normalized spacial score (nSPS) is 17.2. The molecule has 0 radical (unpaired) electrons. The lowest BCUT2D eigenvalue weighted by Gasteiger charge is -2.35. The van der Waals surface area contributed by atoms with Crippen LogP contribution in [0.25, 0.3) is 0 Å². The van der Waals surface area contributed by atoms with Crippen LogP contribution in [0.2, 0.25) is 5.02 Å². The van der Waals surface area contributed by atoms with Gasteiger partial charge in [0.15, 0.2) is 0 Å². The Morgan fingerprint density at radius 2 is 1.87 bits per heavy atom. The number of nitrogens with one attached hydrogen (secondary N) is 1. The van der Waals surface area contributed by atoms with Gasteiger partial charge in [-0.1, -0.05) is 30.7 Å². The van der Waals surface area contributed by atoms with Crippen molar-refractivity contribution in [3.63, 3.8) is 0 Å².